The molecule has 0 radical (unpaired) electrons. The summed E-state index contributed by atoms with van der Waals surface area (Å²) in [5, 5.41) is 11.1. The van der Waals surface area contributed by atoms with Gasteiger partial charge in [-0.15, -0.1) is 0 Å². The van der Waals surface area contributed by atoms with Gasteiger partial charge in [-0.05, 0) is 40.4 Å². The molecule has 4 aromatic carbocycles. The maximum Gasteiger partial charge on any atom is 0.192 e. The molecule has 0 aromatic heterocycles. The zero-order valence-electron chi connectivity index (χ0n) is 31.3. The van der Waals surface area contributed by atoms with Crippen molar-refractivity contribution in [3.63, 3.8) is 0 Å². The van der Waals surface area contributed by atoms with Crippen LogP contribution >= 0.6 is 0 Å². The second kappa shape index (κ2) is 19.7. The molecular formula is C43H56O8Si. The highest BCUT2D eigenvalue weighted by Crippen LogP contribution is 2.37. The van der Waals surface area contributed by atoms with Gasteiger partial charge in [-0.25, -0.2) is 0 Å². The Bertz CT molecular complexity index is 1550. The molecule has 9 heteroatoms. The molecule has 6 atom stereocenters. The zero-order valence-corrected chi connectivity index (χ0v) is 32.3. The number of aliphatic hydroxyl groups excluding tert-OH is 1. The summed E-state index contributed by atoms with van der Waals surface area (Å²) in [6.45, 7) is 12.6. The summed E-state index contributed by atoms with van der Waals surface area (Å²) in [5.74, 6) is 0. The maximum atomic E-state index is 11.1. The van der Waals surface area contributed by atoms with E-state index in [1.54, 1.807) is 0 Å². The van der Waals surface area contributed by atoms with Crippen molar-refractivity contribution in [2.24, 2.45) is 0 Å². The normalized spacial score (nSPS) is 21.5. The van der Waals surface area contributed by atoms with Gasteiger partial charge in [0.15, 0.2) is 14.6 Å². The SMILES string of the molecule is CC(C)(C)[Si](C)(C)OCC(O)CO[C@@H]1O[C@H](COCc2ccccc2)[C@@H](OCc2ccccc2)[C@H](OCc2ccccc2)[C@H]1OCc1ccccc1. The van der Waals surface area contributed by atoms with Crippen LogP contribution in [0.2, 0.25) is 18.1 Å². The second-order valence-corrected chi connectivity index (χ2v) is 19.7. The van der Waals surface area contributed by atoms with Gasteiger partial charge in [0.05, 0.1) is 52.4 Å². The van der Waals surface area contributed by atoms with Crippen molar-refractivity contribution in [3.05, 3.63) is 144 Å². The first kappa shape index (κ1) is 40.0. The Hall–Kier alpha value is -3.22. The summed E-state index contributed by atoms with van der Waals surface area (Å²) in [7, 11) is -2.08. The maximum absolute atomic E-state index is 11.1. The van der Waals surface area contributed by atoms with Crippen molar-refractivity contribution >= 4 is 8.32 Å². The Morgan fingerprint density at radius 1 is 0.577 bits per heavy atom. The van der Waals surface area contributed by atoms with E-state index in [9.17, 15) is 5.11 Å². The summed E-state index contributed by atoms with van der Waals surface area (Å²) < 4.78 is 45.9. The van der Waals surface area contributed by atoms with E-state index in [1.165, 1.54) is 0 Å². The van der Waals surface area contributed by atoms with E-state index in [-0.39, 0.29) is 24.9 Å². The summed E-state index contributed by atoms with van der Waals surface area (Å²) in [4.78, 5) is 0. The van der Waals surface area contributed by atoms with Crippen molar-refractivity contribution in [2.45, 2.75) is 102 Å². The molecule has 52 heavy (non-hydrogen) atoms. The predicted octanol–water partition coefficient (Wildman–Crippen LogP) is 8.08. The molecule has 1 unspecified atom stereocenters. The molecule has 4 aromatic rings. The third kappa shape index (κ3) is 12.2. The lowest BCUT2D eigenvalue weighted by Gasteiger charge is -2.46. The van der Waals surface area contributed by atoms with E-state index in [1.807, 2.05) is 121 Å². The molecule has 1 saturated heterocycles. The van der Waals surface area contributed by atoms with E-state index in [0.29, 0.717) is 26.4 Å². The molecule has 0 bridgehead atoms. The van der Waals surface area contributed by atoms with Crippen LogP contribution in [0.4, 0.5) is 0 Å². The molecule has 5 rings (SSSR count). The van der Waals surface area contributed by atoms with Gasteiger partial charge < -0.3 is 38.0 Å². The van der Waals surface area contributed by atoms with Gasteiger partial charge in [0.25, 0.3) is 0 Å². The van der Waals surface area contributed by atoms with Crippen molar-refractivity contribution in [2.75, 3.05) is 19.8 Å². The number of ether oxygens (including phenoxy) is 6. The van der Waals surface area contributed by atoms with Crippen molar-refractivity contribution < 1.29 is 38.0 Å². The number of benzene rings is 4. The number of aliphatic hydroxyl groups is 1. The minimum absolute atomic E-state index is 0.0109. The minimum atomic E-state index is -2.08. The van der Waals surface area contributed by atoms with E-state index in [4.69, 9.17) is 32.8 Å². The third-order valence-corrected chi connectivity index (χ3v) is 14.2. The molecule has 0 amide bonds. The lowest BCUT2D eigenvalue weighted by atomic mass is 9.97. The monoisotopic (exact) mass is 728 g/mol. The first-order valence-electron chi connectivity index (χ1n) is 18.3. The molecule has 0 aliphatic carbocycles. The molecule has 0 saturated carbocycles. The average Bonchev–Trinajstić information content (AvgIpc) is 3.15. The lowest BCUT2D eigenvalue weighted by Crippen LogP contribution is -2.62. The average molecular weight is 729 g/mol. The van der Waals surface area contributed by atoms with Crippen molar-refractivity contribution in [1.82, 2.24) is 0 Å². The lowest BCUT2D eigenvalue weighted by molar-refractivity contribution is -0.331. The molecule has 1 aliphatic heterocycles. The van der Waals surface area contributed by atoms with Crippen molar-refractivity contribution in [1.29, 1.82) is 0 Å². The molecule has 280 valence electrons. The fourth-order valence-electron chi connectivity index (χ4n) is 5.66. The standard InChI is InChI=1S/C43H56O8Si/c1-43(2,3)52(4,5)50-31-37(44)30-49-42-41(48-29-36-24-16-9-17-25-36)40(47-28-35-22-14-8-15-23-35)39(46-27-34-20-12-7-13-21-34)38(51-42)32-45-26-33-18-10-6-11-19-33/h6-25,37-42,44H,26-32H2,1-5H3/t37?,38-,39-,40+,41-,42-/m1/s1. The minimum Gasteiger partial charge on any atom is -0.414 e. The van der Waals surface area contributed by atoms with Crippen LogP contribution in [-0.2, 0) is 59.3 Å². The Morgan fingerprint density at radius 2 is 1.00 bits per heavy atom. The Kier molecular flexibility index (Phi) is 15.2. The highest BCUT2D eigenvalue weighted by atomic mass is 28.4. The van der Waals surface area contributed by atoms with Crippen LogP contribution in [0.25, 0.3) is 0 Å². The van der Waals surface area contributed by atoms with E-state index >= 15 is 0 Å². The van der Waals surface area contributed by atoms with Gasteiger partial charge in [-0.1, -0.05) is 142 Å². The highest BCUT2D eigenvalue weighted by Gasteiger charge is 2.49. The summed E-state index contributed by atoms with van der Waals surface area (Å²) >= 11 is 0. The van der Waals surface area contributed by atoms with E-state index in [0.717, 1.165) is 22.3 Å². The molecule has 1 heterocycles. The fourth-order valence-corrected chi connectivity index (χ4v) is 6.70. The summed E-state index contributed by atoms with van der Waals surface area (Å²) in [6, 6.07) is 40.1. The summed E-state index contributed by atoms with van der Waals surface area (Å²) in [6.07, 6.45) is -4.23. The first-order chi connectivity index (χ1) is 25.1. The predicted molar refractivity (Wildman–Crippen MR) is 205 cm³/mol. The zero-order chi connectivity index (χ0) is 36.8. The van der Waals surface area contributed by atoms with Gasteiger partial charge in [-0.3, -0.25) is 0 Å². The molecule has 8 nitrogen and oxygen atoms in total. The Morgan fingerprint density at radius 3 is 1.46 bits per heavy atom. The fraction of sp³-hybridized carbons (Fsp3) is 0.442. The van der Waals surface area contributed by atoms with Crippen molar-refractivity contribution in [3.8, 4) is 0 Å². The van der Waals surface area contributed by atoms with E-state index in [2.05, 4.69) is 33.9 Å². The number of hydrogen-bond donors (Lipinski definition) is 1. The van der Waals surface area contributed by atoms with Crippen LogP contribution in [0, 0.1) is 0 Å². The Labute approximate surface area is 311 Å². The topological polar surface area (TPSA) is 84.8 Å². The molecule has 1 aliphatic rings. The van der Waals surface area contributed by atoms with Gasteiger partial charge in [0, 0.05) is 0 Å². The van der Waals surface area contributed by atoms with Crippen LogP contribution < -0.4 is 0 Å². The molecule has 1 fully saturated rings. The van der Waals surface area contributed by atoms with Crippen LogP contribution in [0.1, 0.15) is 43.0 Å². The Balaban J connectivity index is 1.41. The van der Waals surface area contributed by atoms with Crippen LogP contribution in [0.15, 0.2) is 121 Å². The largest absolute Gasteiger partial charge is 0.414 e. The quantitative estimate of drug-likeness (QED) is 0.0971. The smallest absolute Gasteiger partial charge is 0.192 e. The van der Waals surface area contributed by atoms with Gasteiger partial charge >= 0.3 is 0 Å². The van der Waals surface area contributed by atoms with Gasteiger partial charge in [0.1, 0.15) is 24.4 Å². The van der Waals surface area contributed by atoms with Crippen LogP contribution in [0.3, 0.4) is 0 Å². The van der Waals surface area contributed by atoms with Gasteiger partial charge in [0.2, 0.25) is 0 Å². The van der Waals surface area contributed by atoms with Crippen LogP contribution in [0.5, 0.6) is 0 Å². The second-order valence-electron chi connectivity index (χ2n) is 14.9. The number of rotatable bonds is 19. The third-order valence-electron chi connectivity index (χ3n) is 9.74. The molecule has 1 N–H and O–H groups in total. The summed E-state index contributed by atoms with van der Waals surface area (Å²) in [5.41, 5.74) is 4.10. The van der Waals surface area contributed by atoms with Crippen LogP contribution in [-0.4, -0.2) is 70.1 Å². The van der Waals surface area contributed by atoms with Gasteiger partial charge in [-0.2, -0.15) is 0 Å². The highest BCUT2D eigenvalue weighted by molar-refractivity contribution is 6.74. The van der Waals surface area contributed by atoms with E-state index < -0.39 is 45.1 Å². The first-order valence-corrected chi connectivity index (χ1v) is 21.2. The molecular weight excluding hydrogens is 673 g/mol. The molecule has 0 spiro atoms. The number of hydrogen-bond acceptors (Lipinski definition) is 8.